The largest absolute Gasteiger partial charge is 0.381 e. The molecule has 0 radical (unpaired) electrons. The molecule has 1 aliphatic heterocycles. The Morgan fingerprint density at radius 1 is 1.35 bits per heavy atom. The maximum Gasteiger partial charge on any atom is 0.246 e. The van der Waals surface area contributed by atoms with Crippen molar-refractivity contribution in [1.29, 1.82) is 0 Å². The van der Waals surface area contributed by atoms with E-state index in [9.17, 15) is 8.42 Å². The molecule has 0 aromatic carbocycles. The van der Waals surface area contributed by atoms with E-state index in [1.165, 1.54) is 0 Å². The molecule has 6 nitrogen and oxygen atoms in total. The Labute approximate surface area is 139 Å². The van der Waals surface area contributed by atoms with E-state index < -0.39 is 10.0 Å². The summed E-state index contributed by atoms with van der Waals surface area (Å²) in [4.78, 5) is 0.355. The van der Waals surface area contributed by atoms with Crippen LogP contribution in [0.3, 0.4) is 0 Å². The topological polar surface area (TPSA) is 64.4 Å². The van der Waals surface area contributed by atoms with E-state index in [-0.39, 0.29) is 11.5 Å². The second-order valence-electron chi connectivity index (χ2n) is 7.27. The predicted molar refractivity (Wildman–Crippen MR) is 90.1 cm³/mol. The van der Waals surface area contributed by atoms with Gasteiger partial charge in [-0.25, -0.2) is 8.42 Å². The molecule has 23 heavy (non-hydrogen) atoms. The molecule has 0 spiro atoms. The zero-order chi connectivity index (χ0) is 17.4. The van der Waals surface area contributed by atoms with Crippen LogP contribution in [0.25, 0.3) is 0 Å². The van der Waals surface area contributed by atoms with Gasteiger partial charge in [-0.2, -0.15) is 9.40 Å². The van der Waals surface area contributed by atoms with Crippen LogP contribution in [0.5, 0.6) is 0 Å². The van der Waals surface area contributed by atoms with E-state index in [0.29, 0.717) is 36.0 Å². The number of sulfonamides is 1. The van der Waals surface area contributed by atoms with Crippen LogP contribution in [0.15, 0.2) is 4.90 Å². The van der Waals surface area contributed by atoms with Crippen LogP contribution in [-0.4, -0.2) is 48.8 Å². The summed E-state index contributed by atoms with van der Waals surface area (Å²) in [6.45, 7) is 13.9. The Bertz CT molecular complexity index is 653. The van der Waals surface area contributed by atoms with Crippen molar-refractivity contribution in [2.24, 2.45) is 5.92 Å². The molecule has 1 aromatic heterocycles. The van der Waals surface area contributed by atoms with Gasteiger partial charge in [0.1, 0.15) is 4.90 Å². The molecular formula is C16H29N3O3S. The van der Waals surface area contributed by atoms with Gasteiger partial charge >= 0.3 is 0 Å². The quantitative estimate of drug-likeness (QED) is 0.823. The molecule has 0 N–H and O–H groups in total. The van der Waals surface area contributed by atoms with Gasteiger partial charge < -0.3 is 4.74 Å². The van der Waals surface area contributed by atoms with Crippen LogP contribution in [-0.2, 0) is 20.3 Å². The first-order chi connectivity index (χ1) is 10.6. The second kappa shape index (κ2) is 6.53. The standard InChI is InChI=1S/C16H29N3O3S/c1-7-18(10-14-8-9-22-11-14)23(20,21)15-12(2)17-19(13(15)3)16(4,5)6/h14H,7-11H2,1-6H3. The molecule has 1 aliphatic rings. The third-order valence-electron chi connectivity index (χ3n) is 4.30. The van der Waals surface area contributed by atoms with Gasteiger partial charge in [-0.05, 0) is 47.0 Å². The third kappa shape index (κ3) is 3.61. The van der Waals surface area contributed by atoms with E-state index in [0.717, 1.165) is 13.0 Å². The van der Waals surface area contributed by atoms with Crippen LogP contribution < -0.4 is 0 Å². The minimum Gasteiger partial charge on any atom is -0.381 e. The molecule has 1 aromatic rings. The first-order valence-corrected chi connectivity index (χ1v) is 9.67. The van der Waals surface area contributed by atoms with E-state index in [2.05, 4.69) is 5.10 Å². The number of ether oxygens (including phenoxy) is 1. The molecular weight excluding hydrogens is 314 g/mol. The summed E-state index contributed by atoms with van der Waals surface area (Å²) in [5.74, 6) is 0.281. The lowest BCUT2D eigenvalue weighted by molar-refractivity contribution is 0.181. The summed E-state index contributed by atoms with van der Waals surface area (Å²) in [6, 6.07) is 0. The minimum atomic E-state index is -3.54. The Kier molecular flexibility index (Phi) is 5.23. The highest BCUT2D eigenvalue weighted by Gasteiger charge is 2.34. The van der Waals surface area contributed by atoms with Gasteiger partial charge in [-0.1, -0.05) is 6.92 Å². The normalized spacial score (nSPS) is 19.7. The molecule has 1 atom stereocenters. The number of aromatic nitrogens is 2. The van der Waals surface area contributed by atoms with Crippen molar-refractivity contribution >= 4 is 10.0 Å². The first kappa shape index (κ1) is 18.4. The SMILES string of the molecule is CCN(CC1CCOC1)S(=O)(=O)c1c(C)nn(C(C)(C)C)c1C. The van der Waals surface area contributed by atoms with E-state index >= 15 is 0 Å². The minimum absolute atomic E-state index is 0.251. The van der Waals surface area contributed by atoms with Crippen molar-refractivity contribution < 1.29 is 13.2 Å². The molecule has 1 fully saturated rings. The zero-order valence-corrected chi connectivity index (χ0v) is 15.9. The highest BCUT2D eigenvalue weighted by atomic mass is 32.2. The number of hydrogen-bond acceptors (Lipinski definition) is 4. The molecule has 1 saturated heterocycles. The highest BCUT2D eigenvalue weighted by Crippen LogP contribution is 2.28. The van der Waals surface area contributed by atoms with E-state index in [1.807, 2.05) is 39.3 Å². The molecule has 0 amide bonds. The van der Waals surface area contributed by atoms with Gasteiger partial charge in [0.25, 0.3) is 0 Å². The van der Waals surface area contributed by atoms with Crippen LogP contribution >= 0.6 is 0 Å². The van der Waals surface area contributed by atoms with Crippen molar-refractivity contribution in [3.8, 4) is 0 Å². The maximum absolute atomic E-state index is 13.2. The van der Waals surface area contributed by atoms with Crippen molar-refractivity contribution in [3.63, 3.8) is 0 Å². The monoisotopic (exact) mass is 343 g/mol. The third-order valence-corrected chi connectivity index (χ3v) is 6.49. The Morgan fingerprint density at radius 3 is 2.43 bits per heavy atom. The summed E-state index contributed by atoms with van der Waals surface area (Å²) in [5, 5.41) is 4.48. The number of rotatable bonds is 5. The van der Waals surface area contributed by atoms with Crippen molar-refractivity contribution in [2.45, 2.75) is 58.4 Å². The van der Waals surface area contributed by atoms with Crippen LogP contribution in [0, 0.1) is 19.8 Å². The maximum atomic E-state index is 13.2. The van der Waals surface area contributed by atoms with Gasteiger partial charge in [-0.3, -0.25) is 4.68 Å². The molecule has 0 aliphatic carbocycles. The van der Waals surface area contributed by atoms with E-state index in [4.69, 9.17) is 4.74 Å². The Morgan fingerprint density at radius 2 is 2.00 bits per heavy atom. The van der Waals surface area contributed by atoms with Gasteiger partial charge in [0.05, 0.1) is 23.5 Å². The first-order valence-electron chi connectivity index (χ1n) is 8.23. The van der Waals surface area contributed by atoms with Crippen molar-refractivity contribution in [1.82, 2.24) is 14.1 Å². The van der Waals surface area contributed by atoms with Crippen molar-refractivity contribution in [3.05, 3.63) is 11.4 Å². The summed E-state index contributed by atoms with van der Waals surface area (Å²) < 4.78 is 35.1. The number of aryl methyl sites for hydroxylation is 1. The lowest BCUT2D eigenvalue weighted by atomic mass is 10.1. The average Bonchev–Trinajstić information content (AvgIpc) is 3.03. The second-order valence-corrected chi connectivity index (χ2v) is 9.14. The zero-order valence-electron chi connectivity index (χ0n) is 15.1. The van der Waals surface area contributed by atoms with Crippen LogP contribution in [0.1, 0.15) is 45.5 Å². The van der Waals surface area contributed by atoms with Gasteiger partial charge in [0, 0.05) is 19.7 Å². The summed E-state index contributed by atoms with van der Waals surface area (Å²) >= 11 is 0. The van der Waals surface area contributed by atoms with Gasteiger partial charge in [0.2, 0.25) is 10.0 Å². The van der Waals surface area contributed by atoms with Crippen LogP contribution in [0.2, 0.25) is 0 Å². The average molecular weight is 343 g/mol. The molecule has 7 heteroatoms. The molecule has 0 bridgehead atoms. The summed E-state index contributed by atoms with van der Waals surface area (Å²) in [6.07, 6.45) is 0.922. The van der Waals surface area contributed by atoms with Crippen molar-refractivity contribution in [2.75, 3.05) is 26.3 Å². The molecule has 2 heterocycles. The fraction of sp³-hybridized carbons (Fsp3) is 0.812. The molecule has 2 rings (SSSR count). The summed E-state index contributed by atoms with van der Waals surface area (Å²) in [7, 11) is -3.54. The molecule has 0 saturated carbocycles. The lowest BCUT2D eigenvalue weighted by Gasteiger charge is -2.24. The highest BCUT2D eigenvalue weighted by molar-refractivity contribution is 7.89. The van der Waals surface area contributed by atoms with Crippen LogP contribution in [0.4, 0.5) is 0 Å². The van der Waals surface area contributed by atoms with Gasteiger partial charge in [-0.15, -0.1) is 0 Å². The molecule has 132 valence electrons. The Hall–Kier alpha value is -0.920. The summed E-state index contributed by atoms with van der Waals surface area (Å²) in [5.41, 5.74) is 1.02. The predicted octanol–water partition coefficient (Wildman–Crippen LogP) is 2.30. The fourth-order valence-electron chi connectivity index (χ4n) is 3.20. The Balaban J connectivity index is 2.39. The van der Waals surface area contributed by atoms with E-state index in [1.54, 1.807) is 11.2 Å². The smallest absolute Gasteiger partial charge is 0.246 e. The molecule has 1 unspecified atom stereocenters. The number of hydrogen-bond donors (Lipinski definition) is 0. The number of nitrogens with zero attached hydrogens (tertiary/aromatic N) is 3. The fourth-order valence-corrected chi connectivity index (χ4v) is 5.08. The van der Waals surface area contributed by atoms with Gasteiger partial charge in [0.15, 0.2) is 0 Å². The lowest BCUT2D eigenvalue weighted by Crippen LogP contribution is -2.36.